The van der Waals surface area contributed by atoms with Crippen molar-refractivity contribution in [3.05, 3.63) is 107 Å². The quantitative estimate of drug-likeness (QED) is 0.191. The summed E-state index contributed by atoms with van der Waals surface area (Å²) >= 11 is 1.60. The Hall–Kier alpha value is -3.81. The van der Waals surface area contributed by atoms with Crippen molar-refractivity contribution >= 4 is 40.0 Å². The fraction of sp³-hybridized carbons (Fsp3) is 0.294. The highest BCUT2D eigenvalue weighted by molar-refractivity contribution is 7.99. The molecule has 0 spiro atoms. The maximum atomic E-state index is 13.6. The van der Waals surface area contributed by atoms with Gasteiger partial charge in [0.05, 0.1) is 12.1 Å². The topological polar surface area (TPSA) is 90.5 Å². The summed E-state index contributed by atoms with van der Waals surface area (Å²) in [6.07, 6.45) is 0.102. The number of benzene rings is 4. The third-order valence-electron chi connectivity index (χ3n) is 7.22. The number of carbonyl (C=O) groups is 2. The van der Waals surface area contributed by atoms with Gasteiger partial charge in [0.15, 0.2) is 0 Å². The maximum Gasteiger partial charge on any atom is 0.251 e. The van der Waals surface area contributed by atoms with Gasteiger partial charge in [-0.05, 0) is 79.4 Å². The number of anilines is 1. The number of fused-ring (bicyclic) bond motifs is 2. The first-order chi connectivity index (χ1) is 19.7. The zero-order valence-corrected chi connectivity index (χ0v) is 24.6. The van der Waals surface area contributed by atoms with Crippen molar-refractivity contribution in [1.29, 1.82) is 0 Å². The number of rotatable bonds is 9. The summed E-state index contributed by atoms with van der Waals surface area (Å²) in [6, 6.07) is 27.0. The minimum atomic E-state index is -0.912. The van der Waals surface area contributed by atoms with E-state index in [-0.39, 0.29) is 23.8 Å². The van der Waals surface area contributed by atoms with E-state index >= 15 is 0 Å². The van der Waals surface area contributed by atoms with Crippen LogP contribution in [-0.2, 0) is 12.8 Å². The SMILES string of the molecule is CC(C)(C)NC(=O)c1ccccc1C[C@@H](O)[C@H](CSc1ccc2ccccc2c1)NC(=O)c1cccc2c1CCN2. The fourth-order valence-electron chi connectivity index (χ4n) is 5.19. The Bertz CT molecular complexity index is 1560. The van der Waals surface area contributed by atoms with E-state index in [1.54, 1.807) is 17.8 Å². The molecule has 0 fully saturated rings. The highest BCUT2D eigenvalue weighted by atomic mass is 32.2. The van der Waals surface area contributed by atoms with E-state index in [4.69, 9.17) is 0 Å². The molecule has 4 N–H and O–H groups in total. The van der Waals surface area contributed by atoms with Gasteiger partial charge in [0, 0.05) is 46.0 Å². The van der Waals surface area contributed by atoms with Crippen LogP contribution in [0.2, 0.25) is 0 Å². The van der Waals surface area contributed by atoms with Gasteiger partial charge in [0.2, 0.25) is 0 Å². The van der Waals surface area contributed by atoms with Crippen molar-refractivity contribution in [3.63, 3.8) is 0 Å². The molecule has 4 aromatic carbocycles. The summed E-state index contributed by atoms with van der Waals surface area (Å²) in [6.45, 7) is 6.62. The number of hydrogen-bond donors (Lipinski definition) is 4. The van der Waals surface area contributed by atoms with Crippen LogP contribution in [0.1, 0.15) is 52.6 Å². The Morgan fingerprint density at radius 3 is 2.44 bits per heavy atom. The van der Waals surface area contributed by atoms with Crippen molar-refractivity contribution in [2.24, 2.45) is 0 Å². The molecule has 1 aliphatic rings. The number of amides is 2. The lowest BCUT2D eigenvalue weighted by molar-refractivity contribution is 0.0849. The van der Waals surface area contributed by atoms with Gasteiger partial charge in [-0.3, -0.25) is 9.59 Å². The van der Waals surface area contributed by atoms with E-state index in [1.165, 1.54) is 5.39 Å². The van der Waals surface area contributed by atoms with Crippen LogP contribution in [0.5, 0.6) is 0 Å². The molecule has 0 aromatic heterocycles. The van der Waals surface area contributed by atoms with E-state index in [1.807, 2.05) is 69.3 Å². The summed E-state index contributed by atoms with van der Waals surface area (Å²) in [4.78, 5) is 27.7. The van der Waals surface area contributed by atoms with Crippen LogP contribution in [0, 0.1) is 0 Å². The number of hydrogen-bond acceptors (Lipinski definition) is 5. The van der Waals surface area contributed by atoms with Gasteiger partial charge in [-0.25, -0.2) is 0 Å². The third-order valence-corrected chi connectivity index (χ3v) is 8.34. The number of aliphatic hydroxyl groups is 1. The summed E-state index contributed by atoms with van der Waals surface area (Å²) < 4.78 is 0. The van der Waals surface area contributed by atoms with Crippen LogP contribution in [0.3, 0.4) is 0 Å². The van der Waals surface area contributed by atoms with Crippen molar-refractivity contribution < 1.29 is 14.7 Å². The molecule has 5 rings (SSSR count). The number of carbonyl (C=O) groups excluding carboxylic acids is 2. The first kappa shape index (κ1) is 28.7. The van der Waals surface area contributed by atoms with E-state index in [0.717, 1.165) is 40.1 Å². The minimum absolute atomic E-state index is 0.182. The zero-order valence-electron chi connectivity index (χ0n) is 23.7. The molecule has 0 aliphatic carbocycles. The smallest absolute Gasteiger partial charge is 0.251 e. The molecule has 2 atom stereocenters. The molecule has 0 bridgehead atoms. The highest BCUT2D eigenvalue weighted by Crippen LogP contribution is 2.28. The molecule has 41 heavy (non-hydrogen) atoms. The summed E-state index contributed by atoms with van der Waals surface area (Å²) in [5.41, 5.74) is 3.50. The first-order valence-corrected chi connectivity index (χ1v) is 15.0. The van der Waals surface area contributed by atoms with Crippen LogP contribution in [0.4, 0.5) is 5.69 Å². The van der Waals surface area contributed by atoms with Crippen LogP contribution in [0.15, 0.2) is 89.8 Å². The molecule has 6 nitrogen and oxygen atoms in total. The monoisotopic (exact) mass is 567 g/mol. The largest absolute Gasteiger partial charge is 0.391 e. The van der Waals surface area contributed by atoms with Gasteiger partial charge in [-0.1, -0.05) is 54.6 Å². The van der Waals surface area contributed by atoms with Crippen molar-refractivity contribution in [2.45, 2.75) is 56.2 Å². The normalized spacial score (nSPS) is 14.1. The Morgan fingerprint density at radius 2 is 1.63 bits per heavy atom. The molecule has 0 radical (unpaired) electrons. The number of aliphatic hydroxyl groups excluding tert-OH is 1. The van der Waals surface area contributed by atoms with Gasteiger partial charge < -0.3 is 21.1 Å². The second kappa shape index (κ2) is 12.4. The van der Waals surface area contributed by atoms with Crippen LogP contribution >= 0.6 is 11.8 Å². The first-order valence-electron chi connectivity index (χ1n) is 14.0. The van der Waals surface area contributed by atoms with Crippen LogP contribution < -0.4 is 16.0 Å². The molecule has 1 aliphatic heterocycles. The Balaban J connectivity index is 1.38. The molecule has 7 heteroatoms. The van der Waals surface area contributed by atoms with Gasteiger partial charge in [0.1, 0.15) is 0 Å². The number of nitrogens with one attached hydrogen (secondary N) is 3. The van der Waals surface area contributed by atoms with Crippen LogP contribution in [0.25, 0.3) is 10.8 Å². The van der Waals surface area contributed by atoms with E-state index < -0.39 is 12.1 Å². The molecule has 4 aromatic rings. The molecule has 1 heterocycles. The second-order valence-corrected chi connectivity index (χ2v) is 12.6. The molecular formula is C34H37N3O3S. The lowest BCUT2D eigenvalue weighted by Crippen LogP contribution is -2.46. The average Bonchev–Trinajstić information content (AvgIpc) is 3.43. The Morgan fingerprint density at radius 1 is 0.902 bits per heavy atom. The molecule has 0 saturated heterocycles. The van der Waals surface area contributed by atoms with E-state index in [0.29, 0.717) is 16.9 Å². The van der Waals surface area contributed by atoms with Gasteiger partial charge in [-0.15, -0.1) is 11.8 Å². The fourth-order valence-corrected chi connectivity index (χ4v) is 6.24. The van der Waals surface area contributed by atoms with E-state index in [9.17, 15) is 14.7 Å². The standard InChI is InChI=1S/C34H37N3O3S/c1-34(2,3)37-33(40)26-12-7-6-11-24(26)20-31(38)30(21-41-25-16-15-22-9-4-5-10-23(22)19-25)36-32(39)28-13-8-14-29-27(28)17-18-35-29/h4-16,19,30-31,35,38H,17-18,20-21H2,1-3H3,(H,36,39)(H,37,40)/t30-,31+/m0/s1. The van der Waals surface area contributed by atoms with Gasteiger partial charge in [0.25, 0.3) is 11.8 Å². The second-order valence-electron chi connectivity index (χ2n) is 11.5. The molecule has 0 unspecified atom stereocenters. The summed E-state index contributed by atoms with van der Waals surface area (Å²) in [7, 11) is 0. The van der Waals surface area contributed by atoms with Crippen molar-refractivity contribution in [3.8, 4) is 0 Å². The van der Waals surface area contributed by atoms with Crippen LogP contribution in [-0.4, -0.2) is 46.9 Å². The Labute approximate surface area is 245 Å². The molecule has 0 saturated carbocycles. The lowest BCUT2D eigenvalue weighted by Gasteiger charge is -2.26. The predicted molar refractivity (Wildman–Crippen MR) is 168 cm³/mol. The highest BCUT2D eigenvalue weighted by Gasteiger charge is 2.27. The predicted octanol–water partition coefficient (Wildman–Crippen LogP) is 5.83. The summed E-state index contributed by atoms with van der Waals surface area (Å²) in [5, 5.41) is 23.4. The van der Waals surface area contributed by atoms with E-state index in [2.05, 4.69) is 46.3 Å². The molecular weight excluding hydrogens is 530 g/mol. The van der Waals surface area contributed by atoms with Crippen molar-refractivity contribution in [2.75, 3.05) is 17.6 Å². The molecule has 2 amide bonds. The van der Waals surface area contributed by atoms with Gasteiger partial charge in [-0.2, -0.15) is 0 Å². The summed E-state index contributed by atoms with van der Waals surface area (Å²) in [5.74, 6) is 0.0840. The minimum Gasteiger partial charge on any atom is -0.391 e. The lowest BCUT2D eigenvalue weighted by atomic mass is 9.96. The van der Waals surface area contributed by atoms with Crippen molar-refractivity contribution in [1.82, 2.24) is 10.6 Å². The zero-order chi connectivity index (χ0) is 29.0. The third kappa shape index (κ3) is 7.10. The average molecular weight is 568 g/mol. The molecule has 212 valence electrons. The number of thioether (sulfide) groups is 1. The maximum absolute atomic E-state index is 13.6. The van der Waals surface area contributed by atoms with Gasteiger partial charge >= 0.3 is 0 Å². The Kier molecular flexibility index (Phi) is 8.66.